The molecule has 1 aromatic heterocycles. The maximum atomic E-state index is 5.77. The molecule has 17 heavy (non-hydrogen) atoms. The van der Waals surface area contributed by atoms with Crippen LogP contribution in [0, 0.1) is 0 Å². The minimum absolute atomic E-state index is 0.331. The van der Waals surface area contributed by atoms with Crippen molar-refractivity contribution in [3.63, 3.8) is 0 Å². The van der Waals surface area contributed by atoms with Gasteiger partial charge in [-0.25, -0.2) is 4.98 Å². The van der Waals surface area contributed by atoms with Gasteiger partial charge in [0.05, 0.1) is 6.10 Å². The first-order valence-electron chi connectivity index (χ1n) is 6.56. The van der Waals surface area contributed by atoms with Crippen molar-refractivity contribution in [1.82, 2.24) is 20.1 Å². The van der Waals surface area contributed by atoms with E-state index in [1.807, 2.05) is 4.68 Å². The Hall–Kier alpha value is -0.940. The Labute approximate surface area is 103 Å². The summed E-state index contributed by atoms with van der Waals surface area (Å²) < 4.78 is 7.73. The van der Waals surface area contributed by atoms with Crippen LogP contribution in [-0.2, 0) is 17.7 Å². The van der Waals surface area contributed by atoms with Gasteiger partial charge < -0.3 is 10.1 Å². The fourth-order valence-corrected chi connectivity index (χ4v) is 2.42. The second-order valence-corrected chi connectivity index (χ2v) is 4.41. The number of aryl methyl sites for hydroxylation is 1. The van der Waals surface area contributed by atoms with Gasteiger partial charge in [-0.05, 0) is 26.3 Å². The molecule has 1 N–H and O–H groups in total. The van der Waals surface area contributed by atoms with E-state index in [1.165, 1.54) is 6.42 Å². The maximum absolute atomic E-state index is 5.77. The van der Waals surface area contributed by atoms with E-state index in [9.17, 15) is 0 Å². The van der Waals surface area contributed by atoms with E-state index < -0.39 is 0 Å². The van der Waals surface area contributed by atoms with Crippen molar-refractivity contribution in [3.8, 4) is 0 Å². The van der Waals surface area contributed by atoms with Gasteiger partial charge in [-0.3, -0.25) is 4.68 Å². The van der Waals surface area contributed by atoms with E-state index in [1.54, 1.807) is 6.33 Å². The van der Waals surface area contributed by atoms with Gasteiger partial charge in [0.25, 0.3) is 0 Å². The first-order valence-corrected chi connectivity index (χ1v) is 6.56. The lowest BCUT2D eigenvalue weighted by Gasteiger charge is -2.23. The molecule has 5 heteroatoms. The number of hydrogen-bond donors (Lipinski definition) is 1. The van der Waals surface area contributed by atoms with Crippen LogP contribution < -0.4 is 5.32 Å². The third-order valence-electron chi connectivity index (χ3n) is 3.28. The number of rotatable bonds is 6. The molecule has 2 rings (SSSR count). The summed E-state index contributed by atoms with van der Waals surface area (Å²) >= 11 is 0. The first-order chi connectivity index (χ1) is 8.35. The van der Waals surface area contributed by atoms with Gasteiger partial charge in [0.2, 0.25) is 0 Å². The summed E-state index contributed by atoms with van der Waals surface area (Å²) in [5.74, 6) is 1.05. The minimum Gasteiger partial charge on any atom is -0.377 e. The van der Waals surface area contributed by atoms with E-state index in [0.717, 1.165) is 38.4 Å². The van der Waals surface area contributed by atoms with Gasteiger partial charge in [0.1, 0.15) is 12.2 Å². The van der Waals surface area contributed by atoms with E-state index in [0.29, 0.717) is 12.1 Å². The van der Waals surface area contributed by atoms with E-state index in [4.69, 9.17) is 4.74 Å². The highest BCUT2D eigenvalue weighted by Gasteiger charge is 2.26. The molecule has 0 aromatic carbocycles. The van der Waals surface area contributed by atoms with Crippen LogP contribution in [0.5, 0.6) is 0 Å². The zero-order chi connectivity index (χ0) is 12.1. The lowest BCUT2D eigenvalue weighted by molar-refractivity contribution is 0.0779. The quantitative estimate of drug-likeness (QED) is 0.803. The van der Waals surface area contributed by atoms with E-state index in [2.05, 4.69) is 29.2 Å². The monoisotopic (exact) mass is 238 g/mol. The van der Waals surface area contributed by atoms with Gasteiger partial charge in [-0.2, -0.15) is 5.10 Å². The third kappa shape index (κ3) is 3.04. The zero-order valence-electron chi connectivity index (χ0n) is 10.7. The summed E-state index contributed by atoms with van der Waals surface area (Å²) in [6.07, 6.45) is 5.19. The van der Waals surface area contributed by atoms with Gasteiger partial charge in [0, 0.05) is 25.6 Å². The Morgan fingerprint density at radius 3 is 3.12 bits per heavy atom. The number of hydrogen-bond acceptors (Lipinski definition) is 4. The van der Waals surface area contributed by atoms with E-state index in [-0.39, 0.29) is 0 Å². The molecule has 0 spiro atoms. The lowest BCUT2D eigenvalue weighted by Crippen LogP contribution is -2.41. The highest BCUT2D eigenvalue weighted by molar-refractivity contribution is 4.93. The van der Waals surface area contributed by atoms with Crippen molar-refractivity contribution in [1.29, 1.82) is 0 Å². The highest BCUT2D eigenvalue weighted by Crippen LogP contribution is 2.18. The van der Waals surface area contributed by atoms with Crippen LogP contribution in [0.1, 0.15) is 32.5 Å². The standard InChI is InChI=1S/C12H22N4O/c1-3-13-10(11-6-5-7-17-11)8-12-14-9-15-16(12)4-2/h9-11,13H,3-8H2,1-2H3. The second-order valence-electron chi connectivity index (χ2n) is 4.41. The van der Waals surface area contributed by atoms with Crippen molar-refractivity contribution in [2.75, 3.05) is 13.2 Å². The largest absolute Gasteiger partial charge is 0.377 e. The molecular weight excluding hydrogens is 216 g/mol. The summed E-state index contributed by atoms with van der Waals surface area (Å²) in [6.45, 7) is 6.95. The summed E-state index contributed by atoms with van der Waals surface area (Å²) in [5.41, 5.74) is 0. The summed E-state index contributed by atoms with van der Waals surface area (Å²) in [6, 6.07) is 0.358. The van der Waals surface area contributed by atoms with Crippen molar-refractivity contribution < 1.29 is 4.74 Å². The smallest absolute Gasteiger partial charge is 0.138 e. The van der Waals surface area contributed by atoms with Gasteiger partial charge >= 0.3 is 0 Å². The van der Waals surface area contributed by atoms with Crippen molar-refractivity contribution in [2.24, 2.45) is 0 Å². The summed E-state index contributed by atoms with van der Waals surface area (Å²) in [4.78, 5) is 4.34. The fourth-order valence-electron chi connectivity index (χ4n) is 2.42. The Morgan fingerprint density at radius 2 is 2.47 bits per heavy atom. The third-order valence-corrected chi connectivity index (χ3v) is 3.28. The number of likely N-dealkylation sites (N-methyl/N-ethyl adjacent to an activating group) is 1. The number of nitrogens with zero attached hydrogens (tertiary/aromatic N) is 3. The average Bonchev–Trinajstić information content (AvgIpc) is 2.99. The molecule has 5 nitrogen and oxygen atoms in total. The number of ether oxygens (including phenoxy) is 1. The van der Waals surface area contributed by atoms with Crippen LogP contribution in [0.4, 0.5) is 0 Å². The predicted molar refractivity (Wildman–Crippen MR) is 65.8 cm³/mol. The molecule has 1 fully saturated rings. The molecule has 0 amide bonds. The molecule has 0 radical (unpaired) electrons. The lowest BCUT2D eigenvalue weighted by atomic mass is 10.0. The Kier molecular flexibility index (Phi) is 4.50. The van der Waals surface area contributed by atoms with Crippen LogP contribution in [0.3, 0.4) is 0 Å². The molecule has 0 saturated carbocycles. The zero-order valence-corrected chi connectivity index (χ0v) is 10.7. The molecule has 1 aliphatic rings. The molecule has 1 aromatic rings. The molecular formula is C12H22N4O. The fraction of sp³-hybridized carbons (Fsp3) is 0.833. The van der Waals surface area contributed by atoms with Gasteiger partial charge in [0.15, 0.2) is 0 Å². The summed E-state index contributed by atoms with van der Waals surface area (Å²) in [5, 5.41) is 7.72. The second kappa shape index (κ2) is 6.12. The highest BCUT2D eigenvalue weighted by atomic mass is 16.5. The number of nitrogens with one attached hydrogen (secondary N) is 1. The Bertz CT molecular complexity index is 333. The Morgan fingerprint density at radius 1 is 1.59 bits per heavy atom. The van der Waals surface area contributed by atoms with Crippen LogP contribution in [-0.4, -0.2) is 40.1 Å². The molecule has 0 aliphatic carbocycles. The van der Waals surface area contributed by atoms with Crippen LogP contribution in [0.15, 0.2) is 6.33 Å². The van der Waals surface area contributed by atoms with Gasteiger partial charge in [-0.15, -0.1) is 0 Å². The van der Waals surface area contributed by atoms with Crippen molar-refractivity contribution in [3.05, 3.63) is 12.2 Å². The first kappa shape index (κ1) is 12.5. The molecule has 2 atom stereocenters. The SMILES string of the molecule is CCNC(Cc1ncnn1CC)C1CCCO1. The minimum atomic E-state index is 0.331. The maximum Gasteiger partial charge on any atom is 0.138 e. The van der Waals surface area contributed by atoms with Crippen LogP contribution in [0.25, 0.3) is 0 Å². The molecule has 96 valence electrons. The van der Waals surface area contributed by atoms with Crippen molar-refractivity contribution >= 4 is 0 Å². The van der Waals surface area contributed by atoms with E-state index >= 15 is 0 Å². The molecule has 2 heterocycles. The normalized spacial score (nSPS) is 21.9. The summed E-state index contributed by atoms with van der Waals surface area (Å²) in [7, 11) is 0. The topological polar surface area (TPSA) is 52.0 Å². The molecule has 0 bridgehead atoms. The average molecular weight is 238 g/mol. The predicted octanol–water partition coefficient (Wildman–Crippen LogP) is 0.998. The molecule has 1 aliphatic heterocycles. The van der Waals surface area contributed by atoms with Crippen LogP contribution >= 0.6 is 0 Å². The molecule has 1 saturated heterocycles. The Balaban J connectivity index is 2.01. The van der Waals surface area contributed by atoms with Crippen molar-refractivity contribution in [2.45, 2.75) is 51.8 Å². The molecule has 2 unspecified atom stereocenters. The van der Waals surface area contributed by atoms with Crippen LogP contribution in [0.2, 0.25) is 0 Å². The van der Waals surface area contributed by atoms with Gasteiger partial charge in [-0.1, -0.05) is 6.92 Å². The number of aromatic nitrogens is 3.